The fourth-order valence-electron chi connectivity index (χ4n) is 2.36. The van der Waals surface area contributed by atoms with E-state index in [1.54, 1.807) is 20.2 Å². The van der Waals surface area contributed by atoms with Crippen LogP contribution >= 0.6 is 0 Å². The molecule has 1 aromatic carbocycles. The van der Waals surface area contributed by atoms with E-state index in [9.17, 15) is 13.2 Å². The zero-order valence-corrected chi connectivity index (χ0v) is 14.3. The Balaban J connectivity index is 2.03. The Kier molecular flexibility index (Phi) is 5.20. The monoisotopic (exact) mass is 335 g/mol. The number of carbonyl (C=O) groups is 1. The average Bonchev–Trinajstić information content (AvgIpc) is 2.50. The van der Waals surface area contributed by atoms with Crippen molar-refractivity contribution in [3.63, 3.8) is 0 Å². The Labute approximate surface area is 136 Å². The molecule has 0 radical (unpaired) electrons. The molecule has 124 valence electrons. The van der Waals surface area contributed by atoms with Gasteiger partial charge in [-0.2, -0.15) is 0 Å². The van der Waals surface area contributed by atoms with Crippen LogP contribution < -0.4 is 5.32 Å². The Bertz CT molecular complexity index is 800. The Hall–Kier alpha value is -2.15. The highest BCUT2D eigenvalue weighted by Gasteiger charge is 2.19. The number of fused-ring (bicyclic) bond motifs is 1. The van der Waals surface area contributed by atoms with Gasteiger partial charge in [-0.3, -0.25) is 4.98 Å². The van der Waals surface area contributed by atoms with Crippen LogP contribution in [0.3, 0.4) is 0 Å². The third-order valence-electron chi connectivity index (χ3n) is 3.67. The molecule has 0 aliphatic heterocycles. The van der Waals surface area contributed by atoms with Gasteiger partial charge in [-0.1, -0.05) is 24.3 Å². The molecule has 23 heavy (non-hydrogen) atoms. The quantitative estimate of drug-likeness (QED) is 0.904. The molecule has 0 saturated heterocycles. The molecular weight excluding hydrogens is 314 g/mol. The van der Waals surface area contributed by atoms with Crippen LogP contribution in [0, 0.1) is 0 Å². The second-order valence-electron chi connectivity index (χ2n) is 5.70. The van der Waals surface area contributed by atoms with E-state index in [0.717, 1.165) is 22.7 Å². The van der Waals surface area contributed by atoms with Crippen molar-refractivity contribution in [2.45, 2.75) is 19.5 Å². The van der Waals surface area contributed by atoms with Crippen molar-refractivity contribution in [2.75, 3.05) is 19.1 Å². The third kappa shape index (κ3) is 4.66. The second kappa shape index (κ2) is 6.95. The van der Waals surface area contributed by atoms with E-state index >= 15 is 0 Å². The molecule has 1 unspecified atom stereocenters. The van der Waals surface area contributed by atoms with Crippen LogP contribution in [-0.4, -0.2) is 49.4 Å². The van der Waals surface area contributed by atoms with E-state index in [2.05, 4.69) is 10.3 Å². The van der Waals surface area contributed by atoms with Gasteiger partial charge < -0.3 is 10.2 Å². The summed E-state index contributed by atoms with van der Waals surface area (Å²) in [6.07, 6.45) is 2.88. The summed E-state index contributed by atoms with van der Waals surface area (Å²) in [5.41, 5.74) is 1.77. The van der Waals surface area contributed by atoms with Crippen molar-refractivity contribution in [3.05, 3.63) is 42.1 Å². The molecular formula is C16H21N3O3S. The average molecular weight is 335 g/mol. The van der Waals surface area contributed by atoms with Crippen molar-refractivity contribution in [2.24, 2.45) is 0 Å². The number of nitrogens with one attached hydrogen (secondary N) is 1. The van der Waals surface area contributed by atoms with Crippen LogP contribution in [-0.2, 0) is 16.4 Å². The first-order valence-corrected chi connectivity index (χ1v) is 9.35. The Morgan fingerprint density at radius 1 is 1.30 bits per heavy atom. The van der Waals surface area contributed by atoms with E-state index in [-0.39, 0.29) is 11.8 Å². The maximum Gasteiger partial charge on any atom is 0.317 e. The van der Waals surface area contributed by atoms with Crippen molar-refractivity contribution in [3.8, 4) is 0 Å². The molecule has 2 aromatic rings. The number of amides is 2. The summed E-state index contributed by atoms with van der Waals surface area (Å²) >= 11 is 0. The Morgan fingerprint density at radius 3 is 2.70 bits per heavy atom. The number of benzene rings is 1. The predicted molar refractivity (Wildman–Crippen MR) is 90.9 cm³/mol. The van der Waals surface area contributed by atoms with Gasteiger partial charge in [-0.15, -0.1) is 0 Å². The van der Waals surface area contributed by atoms with Crippen LogP contribution in [0.1, 0.15) is 12.5 Å². The van der Waals surface area contributed by atoms with Crippen molar-refractivity contribution < 1.29 is 13.2 Å². The van der Waals surface area contributed by atoms with Crippen molar-refractivity contribution in [1.82, 2.24) is 15.2 Å². The molecule has 0 saturated carbocycles. The minimum atomic E-state index is -3.13. The topological polar surface area (TPSA) is 79.4 Å². The SMILES string of the molecule is CC(CS(C)(=O)=O)N(C)C(=O)NCc1cccc2cccnc12. The lowest BCUT2D eigenvalue weighted by Gasteiger charge is -2.24. The standard InChI is InChI=1S/C16H21N3O3S/c1-12(11-23(3,21)22)19(2)16(20)18-10-14-7-4-6-13-8-5-9-17-15(13)14/h4-9,12H,10-11H2,1-3H3,(H,18,20). The normalized spacial score (nSPS) is 12.8. The van der Waals surface area contributed by atoms with Crippen molar-refractivity contribution in [1.29, 1.82) is 0 Å². The fourth-order valence-corrected chi connectivity index (χ4v) is 3.46. The second-order valence-corrected chi connectivity index (χ2v) is 7.89. The summed E-state index contributed by atoms with van der Waals surface area (Å²) < 4.78 is 22.7. The van der Waals surface area contributed by atoms with E-state index in [0.29, 0.717) is 6.54 Å². The number of aromatic nitrogens is 1. The summed E-state index contributed by atoms with van der Waals surface area (Å²) in [6.45, 7) is 2.04. The highest BCUT2D eigenvalue weighted by atomic mass is 32.2. The summed E-state index contributed by atoms with van der Waals surface area (Å²) in [5.74, 6) is -0.0628. The summed E-state index contributed by atoms with van der Waals surface area (Å²) in [7, 11) is -1.54. The minimum absolute atomic E-state index is 0.0628. The highest BCUT2D eigenvalue weighted by Crippen LogP contribution is 2.15. The van der Waals surface area contributed by atoms with Crippen molar-refractivity contribution >= 4 is 26.8 Å². The van der Waals surface area contributed by atoms with Crippen LogP contribution in [0.25, 0.3) is 10.9 Å². The zero-order chi connectivity index (χ0) is 17.0. The van der Waals surface area contributed by atoms with Gasteiger partial charge in [0.25, 0.3) is 0 Å². The van der Waals surface area contributed by atoms with Crippen LogP contribution in [0.15, 0.2) is 36.5 Å². The third-order valence-corrected chi connectivity index (χ3v) is 4.76. The number of para-hydroxylation sites is 1. The molecule has 1 atom stereocenters. The number of sulfone groups is 1. The molecule has 1 N–H and O–H groups in total. The lowest BCUT2D eigenvalue weighted by Crippen LogP contribution is -2.44. The van der Waals surface area contributed by atoms with Gasteiger partial charge >= 0.3 is 6.03 Å². The maximum absolute atomic E-state index is 12.2. The molecule has 1 heterocycles. The molecule has 0 bridgehead atoms. The number of rotatable bonds is 5. The molecule has 2 rings (SSSR count). The predicted octanol–water partition coefficient (Wildman–Crippen LogP) is 1.81. The summed E-state index contributed by atoms with van der Waals surface area (Å²) in [5, 5.41) is 3.82. The van der Waals surface area contributed by atoms with E-state index in [4.69, 9.17) is 0 Å². The van der Waals surface area contributed by atoms with Gasteiger partial charge in [0.15, 0.2) is 0 Å². The van der Waals surface area contributed by atoms with Gasteiger partial charge in [0.2, 0.25) is 0 Å². The molecule has 0 spiro atoms. The smallest absolute Gasteiger partial charge is 0.317 e. The number of carbonyl (C=O) groups excluding carboxylic acids is 1. The van der Waals surface area contributed by atoms with Gasteiger partial charge in [0.05, 0.1) is 11.3 Å². The van der Waals surface area contributed by atoms with E-state index < -0.39 is 15.9 Å². The number of nitrogens with zero attached hydrogens (tertiary/aromatic N) is 2. The van der Waals surface area contributed by atoms with Gasteiger partial charge in [-0.25, -0.2) is 13.2 Å². The first kappa shape index (κ1) is 17.2. The minimum Gasteiger partial charge on any atom is -0.334 e. The molecule has 1 aromatic heterocycles. The number of pyridine rings is 1. The zero-order valence-electron chi connectivity index (χ0n) is 13.5. The number of hydrogen-bond donors (Lipinski definition) is 1. The fraction of sp³-hybridized carbons (Fsp3) is 0.375. The molecule has 0 aliphatic carbocycles. The van der Waals surface area contributed by atoms with Crippen LogP contribution in [0.2, 0.25) is 0 Å². The molecule has 2 amide bonds. The van der Waals surface area contributed by atoms with Crippen LogP contribution in [0.4, 0.5) is 4.79 Å². The molecule has 0 aliphatic rings. The first-order chi connectivity index (χ1) is 10.8. The summed E-state index contributed by atoms with van der Waals surface area (Å²) in [4.78, 5) is 17.9. The van der Waals surface area contributed by atoms with Gasteiger partial charge in [0.1, 0.15) is 9.84 Å². The summed E-state index contributed by atoms with van der Waals surface area (Å²) in [6, 6.07) is 8.93. The lowest BCUT2D eigenvalue weighted by molar-refractivity contribution is 0.197. The van der Waals surface area contributed by atoms with E-state index in [1.165, 1.54) is 4.90 Å². The first-order valence-electron chi connectivity index (χ1n) is 7.29. The van der Waals surface area contributed by atoms with E-state index in [1.807, 2.05) is 30.3 Å². The molecule has 7 heteroatoms. The molecule has 6 nitrogen and oxygen atoms in total. The maximum atomic E-state index is 12.2. The van der Waals surface area contributed by atoms with Crippen LogP contribution in [0.5, 0.6) is 0 Å². The largest absolute Gasteiger partial charge is 0.334 e. The number of urea groups is 1. The lowest BCUT2D eigenvalue weighted by atomic mass is 10.1. The Morgan fingerprint density at radius 2 is 2.00 bits per heavy atom. The highest BCUT2D eigenvalue weighted by molar-refractivity contribution is 7.90. The van der Waals surface area contributed by atoms with Gasteiger partial charge in [0, 0.05) is 37.5 Å². The number of hydrogen-bond acceptors (Lipinski definition) is 4. The van der Waals surface area contributed by atoms with Gasteiger partial charge in [-0.05, 0) is 18.6 Å². The molecule has 0 fully saturated rings.